The van der Waals surface area contributed by atoms with Crippen molar-refractivity contribution in [1.29, 1.82) is 0 Å². The number of aromatic amines is 1. The number of anilines is 1. The van der Waals surface area contributed by atoms with E-state index in [4.69, 9.17) is 23.2 Å². The van der Waals surface area contributed by atoms with E-state index < -0.39 is 0 Å². The van der Waals surface area contributed by atoms with Gasteiger partial charge in [0.05, 0.1) is 16.7 Å². The van der Waals surface area contributed by atoms with E-state index in [1.807, 2.05) is 30.3 Å². The number of halogens is 2. The lowest BCUT2D eigenvalue weighted by Crippen LogP contribution is -2.21. The molecule has 0 radical (unpaired) electrons. The number of rotatable bonds is 6. The highest BCUT2D eigenvalue weighted by atomic mass is 35.5. The number of H-pyrrole nitrogens is 1. The first kappa shape index (κ1) is 20.4. The summed E-state index contributed by atoms with van der Waals surface area (Å²) in [6, 6.07) is 16.2. The van der Waals surface area contributed by atoms with Gasteiger partial charge in [0.1, 0.15) is 10.6 Å². The quantitative estimate of drug-likeness (QED) is 0.378. The molecule has 4 rings (SSSR count). The fourth-order valence-electron chi connectivity index (χ4n) is 2.92. The predicted octanol–water partition coefficient (Wildman–Crippen LogP) is 5.04. The zero-order valence-corrected chi connectivity index (χ0v) is 17.9. The van der Waals surface area contributed by atoms with Gasteiger partial charge in [-0.25, -0.2) is 0 Å². The van der Waals surface area contributed by atoms with Gasteiger partial charge in [-0.05, 0) is 29.3 Å². The molecule has 0 aliphatic rings. The molecular formula is C21H16Cl2N4O2S. The number of carbonyl (C=O) groups is 2. The van der Waals surface area contributed by atoms with Crippen LogP contribution in [-0.4, -0.2) is 22.0 Å². The van der Waals surface area contributed by atoms with Gasteiger partial charge in [-0.2, -0.15) is 5.10 Å². The Bertz CT molecular complexity index is 1230. The molecule has 2 amide bonds. The van der Waals surface area contributed by atoms with Gasteiger partial charge in [-0.1, -0.05) is 59.6 Å². The second-order valence-electron chi connectivity index (χ2n) is 6.52. The van der Waals surface area contributed by atoms with Crippen LogP contribution in [0.2, 0.25) is 10.0 Å². The number of nitrogens with zero attached hydrogens (tertiary/aromatic N) is 1. The summed E-state index contributed by atoms with van der Waals surface area (Å²) < 4.78 is 0. The van der Waals surface area contributed by atoms with E-state index in [-0.39, 0.29) is 18.2 Å². The van der Waals surface area contributed by atoms with Crippen molar-refractivity contribution in [3.05, 3.63) is 80.6 Å². The van der Waals surface area contributed by atoms with Crippen LogP contribution in [0.1, 0.15) is 20.8 Å². The van der Waals surface area contributed by atoms with E-state index >= 15 is 0 Å². The monoisotopic (exact) mass is 458 g/mol. The summed E-state index contributed by atoms with van der Waals surface area (Å²) in [6.45, 7) is 0.321. The first-order valence-corrected chi connectivity index (χ1v) is 10.6. The SMILES string of the molecule is O=C(Cc1ccccc1Cl)Nc1[nH]nc2sc(C(=O)NCc3ccccc3Cl)cc12. The molecule has 2 aromatic heterocycles. The Kier molecular flexibility index (Phi) is 6.03. The Morgan fingerprint density at radius 2 is 1.67 bits per heavy atom. The third kappa shape index (κ3) is 4.48. The van der Waals surface area contributed by atoms with E-state index in [1.165, 1.54) is 11.3 Å². The van der Waals surface area contributed by atoms with Gasteiger partial charge in [-0.15, -0.1) is 11.3 Å². The predicted molar refractivity (Wildman–Crippen MR) is 120 cm³/mol. The Hall–Kier alpha value is -2.87. The molecule has 6 nitrogen and oxygen atoms in total. The lowest BCUT2D eigenvalue weighted by molar-refractivity contribution is -0.115. The van der Waals surface area contributed by atoms with Crippen LogP contribution in [0.15, 0.2) is 54.6 Å². The van der Waals surface area contributed by atoms with Crippen molar-refractivity contribution >= 4 is 62.4 Å². The minimum absolute atomic E-state index is 0.134. The maximum absolute atomic E-state index is 12.5. The van der Waals surface area contributed by atoms with Gasteiger partial charge in [0, 0.05) is 16.6 Å². The first-order chi connectivity index (χ1) is 14.5. The Morgan fingerprint density at radius 1 is 1.00 bits per heavy atom. The molecule has 0 aliphatic heterocycles. The van der Waals surface area contributed by atoms with Crippen molar-refractivity contribution in [2.24, 2.45) is 0 Å². The Morgan fingerprint density at radius 3 is 2.37 bits per heavy atom. The molecule has 2 aromatic carbocycles. The van der Waals surface area contributed by atoms with E-state index in [9.17, 15) is 9.59 Å². The number of carbonyl (C=O) groups excluding carboxylic acids is 2. The third-order valence-electron chi connectivity index (χ3n) is 4.45. The van der Waals surface area contributed by atoms with Crippen LogP contribution in [0.3, 0.4) is 0 Å². The highest BCUT2D eigenvalue weighted by Gasteiger charge is 2.17. The summed E-state index contributed by atoms with van der Waals surface area (Å²) in [5.41, 5.74) is 1.57. The van der Waals surface area contributed by atoms with Gasteiger partial charge in [0.25, 0.3) is 5.91 Å². The Labute approximate surface area is 186 Å². The van der Waals surface area contributed by atoms with Crippen LogP contribution in [0, 0.1) is 0 Å². The number of hydrogen-bond acceptors (Lipinski definition) is 4. The number of fused-ring (bicyclic) bond motifs is 1. The summed E-state index contributed by atoms with van der Waals surface area (Å²) in [4.78, 5) is 26.1. The van der Waals surface area contributed by atoms with Crippen LogP contribution in [0.5, 0.6) is 0 Å². The average molecular weight is 459 g/mol. The molecule has 152 valence electrons. The van der Waals surface area contributed by atoms with Crippen LogP contribution < -0.4 is 10.6 Å². The number of amides is 2. The summed E-state index contributed by atoms with van der Waals surface area (Å²) in [6.07, 6.45) is 0.134. The van der Waals surface area contributed by atoms with Crippen molar-refractivity contribution < 1.29 is 9.59 Å². The number of nitrogens with one attached hydrogen (secondary N) is 3. The molecule has 0 atom stereocenters. The second-order valence-corrected chi connectivity index (χ2v) is 8.36. The highest BCUT2D eigenvalue weighted by molar-refractivity contribution is 7.20. The maximum atomic E-state index is 12.5. The summed E-state index contributed by atoms with van der Waals surface area (Å²) in [5.74, 6) is -0.0145. The number of aromatic nitrogens is 2. The highest BCUT2D eigenvalue weighted by Crippen LogP contribution is 2.29. The smallest absolute Gasteiger partial charge is 0.261 e. The lowest BCUT2D eigenvalue weighted by atomic mass is 10.1. The number of thiophene rings is 1. The van der Waals surface area contributed by atoms with Crippen molar-refractivity contribution in [2.45, 2.75) is 13.0 Å². The molecule has 4 aromatic rings. The molecule has 0 unspecified atom stereocenters. The molecule has 0 saturated carbocycles. The summed E-state index contributed by atoms with van der Waals surface area (Å²) >= 11 is 13.5. The third-order valence-corrected chi connectivity index (χ3v) is 6.21. The van der Waals surface area contributed by atoms with Crippen molar-refractivity contribution in [1.82, 2.24) is 15.5 Å². The van der Waals surface area contributed by atoms with Crippen LogP contribution in [0.25, 0.3) is 10.2 Å². The fourth-order valence-corrected chi connectivity index (χ4v) is 4.24. The molecule has 0 aliphatic carbocycles. The van der Waals surface area contributed by atoms with E-state index in [0.717, 1.165) is 11.1 Å². The molecule has 0 spiro atoms. The Balaban J connectivity index is 1.44. The summed E-state index contributed by atoms with van der Waals surface area (Å²) in [5, 5.41) is 14.5. The lowest BCUT2D eigenvalue weighted by Gasteiger charge is -2.06. The van der Waals surface area contributed by atoms with Gasteiger partial charge in [0.15, 0.2) is 0 Å². The van der Waals surface area contributed by atoms with Gasteiger partial charge >= 0.3 is 0 Å². The molecular weight excluding hydrogens is 443 g/mol. The molecule has 0 bridgehead atoms. The molecule has 2 heterocycles. The largest absolute Gasteiger partial charge is 0.347 e. The van der Waals surface area contributed by atoms with E-state index in [1.54, 1.807) is 24.3 Å². The van der Waals surface area contributed by atoms with E-state index in [0.29, 0.717) is 37.5 Å². The van der Waals surface area contributed by atoms with Crippen molar-refractivity contribution in [3.63, 3.8) is 0 Å². The minimum atomic E-state index is -0.232. The van der Waals surface area contributed by atoms with Crippen LogP contribution in [0.4, 0.5) is 5.82 Å². The fraction of sp³-hybridized carbons (Fsp3) is 0.0952. The summed E-state index contributed by atoms with van der Waals surface area (Å²) in [7, 11) is 0. The van der Waals surface area contributed by atoms with Gasteiger partial charge in [-0.3, -0.25) is 14.7 Å². The minimum Gasteiger partial charge on any atom is -0.347 e. The normalized spacial score (nSPS) is 10.9. The van der Waals surface area contributed by atoms with Gasteiger partial charge in [0.2, 0.25) is 5.91 Å². The topological polar surface area (TPSA) is 86.9 Å². The maximum Gasteiger partial charge on any atom is 0.261 e. The number of benzene rings is 2. The average Bonchev–Trinajstić information content (AvgIpc) is 3.31. The molecule has 9 heteroatoms. The zero-order valence-electron chi connectivity index (χ0n) is 15.5. The molecule has 3 N–H and O–H groups in total. The molecule has 30 heavy (non-hydrogen) atoms. The van der Waals surface area contributed by atoms with Crippen LogP contribution in [-0.2, 0) is 17.8 Å². The second kappa shape index (κ2) is 8.87. The number of hydrogen-bond donors (Lipinski definition) is 3. The van der Waals surface area contributed by atoms with Crippen LogP contribution >= 0.6 is 34.5 Å². The van der Waals surface area contributed by atoms with E-state index in [2.05, 4.69) is 20.8 Å². The zero-order chi connectivity index (χ0) is 21.1. The van der Waals surface area contributed by atoms with Crippen molar-refractivity contribution in [2.75, 3.05) is 5.32 Å². The standard InChI is InChI=1S/C21H16Cl2N4O2S/c22-15-7-3-1-5-12(15)9-18(28)25-19-14-10-17(30-21(14)27-26-19)20(29)24-11-13-6-2-4-8-16(13)23/h1-8,10H,9,11H2,(H,24,29)(H2,25,26,27,28). The van der Waals surface area contributed by atoms with Crippen molar-refractivity contribution in [3.8, 4) is 0 Å². The molecule has 0 fully saturated rings. The van der Waals surface area contributed by atoms with Gasteiger partial charge < -0.3 is 10.6 Å². The first-order valence-electron chi connectivity index (χ1n) is 9.04. The molecule has 0 saturated heterocycles.